The fourth-order valence-corrected chi connectivity index (χ4v) is 4.65. The van der Waals surface area contributed by atoms with E-state index in [1.807, 2.05) is 6.07 Å². The molecule has 2 aromatic heterocycles. The molecule has 0 saturated heterocycles. The van der Waals surface area contributed by atoms with Crippen LogP contribution >= 0.6 is 0 Å². The summed E-state index contributed by atoms with van der Waals surface area (Å²) in [4.78, 5) is 8.90. The Morgan fingerprint density at radius 1 is 1.25 bits per heavy atom. The molecule has 2 heterocycles. The summed E-state index contributed by atoms with van der Waals surface area (Å²) in [5.74, 6) is 1.22. The number of nitrogens with zero attached hydrogens (tertiary/aromatic N) is 4. The Kier molecular flexibility index (Phi) is 6.58. The summed E-state index contributed by atoms with van der Waals surface area (Å²) in [5, 5.41) is 28.1. The summed E-state index contributed by atoms with van der Waals surface area (Å²) >= 11 is 0. The first kappa shape index (κ1) is 22.4. The topological polar surface area (TPSA) is 139 Å². The number of sulfone groups is 1. The number of anilines is 1. The van der Waals surface area contributed by atoms with Crippen molar-refractivity contribution in [3.63, 3.8) is 0 Å². The van der Waals surface area contributed by atoms with E-state index < -0.39 is 15.9 Å². The van der Waals surface area contributed by atoms with Gasteiger partial charge in [0, 0.05) is 24.6 Å². The molecule has 1 saturated carbocycles. The molecule has 4 rings (SSSR count). The predicted molar refractivity (Wildman–Crippen MR) is 120 cm³/mol. The van der Waals surface area contributed by atoms with Crippen LogP contribution in [-0.4, -0.2) is 75.2 Å². The van der Waals surface area contributed by atoms with Gasteiger partial charge in [0.1, 0.15) is 28.3 Å². The van der Waals surface area contributed by atoms with E-state index in [1.165, 1.54) is 0 Å². The van der Waals surface area contributed by atoms with Crippen LogP contribution in [0, 0.1) is 0 Å². The SMILES string of the molecule is CS(=O)(=O)CC(O)COc1cccc2c1cnn2-c1ccnc(NC2CCC(O)CC2)n1. The smallest absolute Gasteiger partial charge is 0.224 e. The Bertz CT molecular complexity index is 1170. The van der Waals surface area contributed by atoms with Crippen molar-refractivity contribution in [3.8, 4) is 11.6 Å². The molecule has 1 aliphatic rings. The normalized spacial score (nSPS) is 20.2. The van der Waals surface area contributed by atoms with E-state index in [-0.39, 0.29) is 24.5 Å². The van der Waals surface area contributed by atoms with Crippen molar-refractivity contribution in [3.05, 3.63) is 36.7 Å². The van der Waals surface area contributed by atoms with Crippen molar-refractivity contribution in [2.24, 2.45) is 0 Å². The molecule has 10 nitrogen and oxygen atoms in total. The van der Waals surface area contributed by atoms with Crippen molar-refractivity contribution in [1.29, 1.82) is 0 Å². The van der Waals surface area contributed by atoms with Crippen LogP contribution in [0.15, 0.2) is 36.7 Å². The molecule has 3 N–H and O–H groups in total. The van der Waals surface area contributed by atoms with Crippen LogP contribution in [0.4, 0.5) is 5.95 Å². The molecule has 1 atom stereocenters. The third-order valence-electron chi connectivity index (χ3n) is 5.39. The van der Waals surface area contributed by atoms with Crippen LogP contribution in [0.5, 0.6) is 5.75 Å². The summed E-state index contributed by atoms with van der Waals surface area (Å²) in [6.45, 7) is -0.144. The average molecular weight is 462 g/mol. The van der Waals surface area contributed by atoms with Gasteiger partial charge in [-0.25, -0.2) is 18.1 Å². The van der Waals surface area contributed by atoms with Gasteiger partial charge in [0.2, 0.25) is 5.95 Å². The molecule has 0 amide bonds. The molecule has 0 bridgehead atoms. The fraction of sp³-hybridized carbons (Fsp3) is 0.476. The minimum Gasteiger partial charge on any atom is -0.490 e. The van der Waals surface area contributed by atoms with Crippen molar-refractivity contribution in [1.82, 2.24) is 19.7 Å². The van der Waals surface area contributed by atoms with Gasteiger partial charge in [0.05, 0.1) is 29.0 Å². The third-order valence-corrected chi connectivity index (χ3v) is 6.38. The van der Waals surface area contributed by atoms with Gasteiger partial charge >= 0.3 is 0 Å². The van der Waals surface area contributed by atoms with Gasteiger partial charge in [-0.2, -0.15) is 10.1 Å². The highest BCUT2D eigenvalue weighted by atomic mass is 32.2. The highest BCUT2D eigenvalue weighted by Gasteiger charge is 2.20. The Morgan fingerprint density at radius 3 is 2.78 bits per heavy atom. The van der Waals surface area contributed by atoms with Crippen molar-refractivity contribution in [2.45, 2.75) is 43.9 Å². The zero-order valence-corrected chi connectivity index (χ0v) is 18.6. The van der Waals surface area contributed by atoms with Gasteiger partial charge in [-0.3, -0.25) is 0 Å². The van der Waals surface area contributed by atoms with Crippen LogP contribution in [-0.2, 0) is 9.84 Å². The molecule has 1 aliphatic carbocycles. The molecule has 11 heteroatoms. The maximum Gasteiger partial charge on any atom is 0.224 e. The van der Waals surface area contributed by atoms with Gasteiger partial charge in [0.25, 0.3) is 0 Å². The number of nitrogens with one attached hydrogen (secondary N) is 1. The maximum atomic E-state index is 11.3. The van der Waals surface area contributed by atoms with Gasteiger partial charge in [-0.15, -0.1) is 0 Å². The van der Waals surface area contributed by atoms with Gasteiger partial charge in [0.15, 0.2) is 5.82 Å². The first-order chi connectivity index (χ1) is 15.3. The zero-order chi connectivity index (χ0) is 22.7. The lowest BCUT2D eigenvalue weighted by molar-refractivity contribution is 0.125. The summed E-state index contributed by atoms with van der Waals surface area (Å²) in [6, 6.07) is 7.39. The van der Waals surface area contributed by atoms with E-state index in [4.69, 9.17) is 4.74 Å². The summed E-state index contributed by atoms with van der Waals surface area (Å²) in [5.41, 5.74) is 0.755. The Hall–Kier alpha value is -2.76. The van der Waals surface area contributed by atoms with Gasteiger partial charge in [-0.1, -0.05) is 6.07 Å². The van der Waals surface area contributed by atoms with E-state index in [0.717, 1.165) is 37.5 Å². The predicted octanol–water partition coefficient (Wildman–Crippen LogP) is 1.32. The number of benzene rings is 1. The number of fused-ring (bicyclic) bond motifs is 1. The summed E-state index contributed by atoms with van der Waals surface area (Å²) < 4.78 is 30.0. The molecule has 0 radical (unpaired) electrons. The molecule has 0 aliphatic heterocycles. The second-order valence-corrected chi connectivity index (χ2v) is 10.4. The Morgan fingerprint density at radius 2 is 2.03 bits per heavy atom. The minimum absolute atomic E-state index is 0.144. The van der Waals surface area contributed by atoms with Gasteiger partial charge in [-0.05, 0) is 37.8 Å². The van der Waals surface area contributed by atoms with Crippen molar-refractivity contribution >= 4 is 26.7 Å². The highest BCUT2D eigenvalue weighted by molar-refractivity contribution is 7.90. The van der Waals surface area contributed by atoms with Crippen molar-refractivity contribution < 1.29 is 23.4 Å². The molecule has 3 aromatic rings. The highest BCUT2D eigenvalue weighted by Crippen LogP contribution is 2.27. The Labute approximate surface area is 186 Å². The molecular formula is C21H27N5O5S. The summed E-state index contributed by atoms with van der Waals surface area (Å²) in [7, 11) is -3.30. The quantitative estimate of drug-likeness (QED) is 0.453. The van der Waals surface area contributed by atoms with E-state index in [1.54, 1.807) is 35.3 Å². The van der Waals surface area contributed by atoms with Crippen LogP contribution in [0.25, 0.3) is 16.7 Å². The summed E-state index contributed by atoms with van der Waals surface area (Å²) in [6.07, 6.45) is 6.31. The zero-order valence-electron chi connectivity index (χ0n) is 17.8. The third kappa shape index (κ3) is 5.53. The standard InChI is InChI=1S/C21H27N5O5S/c1-32(29,30)13-16(28)12-31-19-4-2-3-18-17(19)11-23-26(18)20-9-10-22-21(25-20)24-14-5-7-15(27)8-6-14/h2-4,9-11,14-16,27-28H,5-8,12-13H2,1H3,(H,22,24,25). The largest absolute Gasteiger partial charge is 0.490 e. The van der Waals surface area contributed by atoms with Crippen LogP contribution in [0.3, 0.4) is 0 Å². The second kappa shape index (κ2) is 9.39. The number of rotatable bonds is 8. The fourth-order valence-electron chi connectivity index (χ4n) is 3.86. The lowest BCUT2D eigenvalue weighted by atomic mass is 9.93. The molecular weight excluding hydrogens is 434 g/mol. The van der Waals surface area contributed by atoms with E-state index >= 15 is 0 Å². The van der Waals surface area contributed by atoms with Crippen LogP contribution < -0.4 is 10.1 Å². The van der Waals surface area contributed by atoms with E-state index in [0.29, 0.717) is 22.9 Å². The molecule has 1 aromatic carbocycles. The lowest BCUT2D eigenvalue weighted by Crippen LogP contribution is -2.29. The average Bonchev–Trinajstić information content (AvgIpc) is 3.18. The molecule has 172 valence electrons. The van der Waals surface area contributed by atoms with Crippen LogP contribution in [0.1, 0.15) is 25.7 Å². The number of hydrogen-bond acceptors (Lipinski definition) is 9. The number of aliphatic hydroxyl groups is 2. The number of aliphatic hydroxyl groups excluding tert-OH is 2. The lowest BCUT2D eigenvalue weighted by Gasteiger charge is -2.26. The minimum atomic E-state index is -3.30. The first-order valence-electron chi connectivity index (χ1n) is 10.5. The number of aromatic nitrogens is 4. The monoisotopic (exact) mass is 461 g/mol. The number of ether oxygens (including phenoxy) is 1. The molecule has 0 spiro atoms. The Balaban J connectivity index is 1.51. The molecule has 32 heavy (non-hydrogen) atoms. The molecule has 1 unspecified atom stereocenters. The maximum absolute atomic E-state index is 11.3. The van der Waals surface area contributed by atoms with E-state index in [2.05, 4.69) is 20.4 Å². The van der Waals surface area contributed by atoms with E-state index in [9.17, 15) is 18.6 Å². The van der Waals surface area contributed by atoms with Crippen LogP contribution in [0.2, 0.25) is 0 Å². The van der Waals surface area contributed by atoms with Gasteiger partial charge < -0.3 is 20.3 Å². The molecule has 1 fully saturated rings. The first-order valence-corrected chi connectivity index (χ1v) is 12.6. The second-order valence-electron chi connectivity index (χ2n) is 8.19. The number of hydrogen-bond donors (Lipinski definition) is 3. The van der Waals surface area contributed by atoms with Crippen molar-refractivity contribution in [2.75, 3.05) is 23.9 Å².